The molecule has 0 aliphatic heterocycles. The fraction of sp³-hybridized carbons (Fsp3) is 0. The van der Waals surface area contributed by atoms with Crippen molar-refractivity contribution in [3.8, 4) is 17.2 Å². The lowest BCUT2D eigenvalue weighted by atomic mass is 10.1. The van der Waals surface area contributed by atoms with Crippen LogP contribution in [0, 0.1) is 10.1 Å². The van der Waals surface area contributed by atoms with Crippen LogP contribution in [0.3, 0.4) is 0 Å². The predicted octanol–water partition coefficient (Wildman–Crippen LogP) is 2.51. The molecule has 3 aromatic rings. The van der Waals surface area contributed by atoms with E-state index in [0.29, 0.717) is 17.1 Å². The van der Waals surface area contributed by atoms with E-state index in [-0.39, 0.29) is 11.4 Å². The number of carboxylic acids is 1. The number of nitrogens with one attached hydrogen (secondary N) is 1. The van der Waals surface area contributed by atoms with Crippen molar-refractivity contribution in [2.24, 2.45) is 0 Å². The van der Waals surface area contributed by atoms with Crippen molar-refractivity contribution in [1.82, 2.24) is 9.97 Å². The van der Waals surface area contributed by atoms with Gasteiger partial charge in [0, 0.05) is 5.56 Å². The zero-order valence-electron chi connectivity index (χ0n) is 13.4. The summed E-state index contributed by atoms with van der Waals surface area (Å²) in [5.74, 6) is -1.38. The lowest BCUT2D eigenvalue weighted by molar-refractivity contribution is -0.387. The van der Waals surface area contributed by atoms with E-state index in [0.717, 1.165) is 0 Å². The van der Waals surface area contributed by atoms with Gasteiger partial charge in [-0.25, -0.2) is 4.79 Å². The number of nitro groups is 1. The molecular formula is C17H11N3O7. The van der Waals surface area contributed by atoms with Crippen molar-refractivity contribution in [2.45, 2.75) is 0 Å². The molecule has 27 heavy (non-hydrogen) atoms. The minimum absolute atomic E-state index is 0.103. The third-order valence-electron chi connectivity index (χ3n) is 3.50. The fourth-order valence-corrected chi connectivity index (χ4v) is 2.28. The number of carboxylic acid groups (broad SMARTS) is 1. The average molecular weight is 369 g/mol. The topological polar surface area (TPSA) is 160 Å². The Morgan fingerprint density at radius 1 is 1.26 bits per heavy atom. The SMILES string of the molecule is O=C(O)c1cccc(-c2ccc(/C=C\c3nc(O)c([N+](=O)[O-])c(=O)[nH]3)o2)c1. The predicted molar refractivity (Wildman–Crippen MR) is 93.2 cm³/mol. The van der Waals surface area contributed by atoms with Crippen molar-refractivity contribution >= 4 is 23.8 Å². The minimum atomic E-state index is -1.09. The summed E-state index contributed by atoms with van der Waals surface area (Å²) in [6.45, 7) is 0. The molecule has 0 saturated carbocycles. The molecule has 0 aliphatic rings. The summed E-state index contributed by atoms with van der Waals surface area (Å²) in [6, 6.07) is 9.42. The Kier molecular flexibility index (Phi) is 4.54. The lowest BCUT2D eigenvalue weighted by Crippen LogP contribution is -2.14. The van der Waals surface area contributed by atoms with Gasteiger partial charge in [-0.1, -0.05) is 12.1 Å². The Morgan fingerprint density at radius 2 is 2.04 bits per heavy atom. The molecule has 2 heterocycles. The summed E-state index contributed by atoms with van der Waals surface area (Å²) < 4.78 is 5.58. The fourth-order valence-electron chi connectivity index (χ4n) is 2.28. The molecule has 0 unspecified atom stereocenters. The Bertz CT molecular complexity index is 1130. The number of rotatable bonds is 5. The Labute approximate surface area is 150 Å². The number of benzene rings is 1. The molecule has 0 fully saturated rings. The Hall–Kier alpha value is -4.21. The number of hydrogen-bond donors (Lipinski definition) is 3. The number of aromatic amines is 1. The second kappa shape index (κ2) is 6.96. The molecule has 0 aliphatic carbocycles. The Morgan fingerprint density at radius 3 is 2.70 bits per heavy atom. The van der Waals surface area contributed by atoms with Crippen molar-refractivity contribution in [1.29, 1.82) is 0 Å². The number of hydrogen-bond acceptors (Lipinski definition) is 7. The van der Waals surface area contributed by atoms with Crippen molar-refractivity contribution in [3.05, 3.63) is 74.0 Å². The van der Waals surface area contributed by atoms with Crippen LogP contribution in [-0.2, 0) is 0 Å². The molecule has 0 saturated heterocycles. The first-order valence-corrected chi connectivity index (χ1v) is 7.44. The number of carbonyl (C=O) groups is 1. The van der Waals surface area contributed by atoms with E-state index in [4.69, 9.17) is 9.52 Å². The van der Waals surface area contributed by atoms with Gasteiger partial charge < -0.3 is 19.6 Å². The third kappa shape index (κ3) is 3.74. The van der Waals surface area contributed by atoms with Crippen LogP contribution in [0.1, 0.15) is 21.9 Å². The summed E-state index contributed by atoms with van der Waals surface area (Å²) in [5, 5.41) is 29.2. The normalized spacial score (nSPS) is 11.0. The van der Waals surface area contributed by atoms with Gasteiger partial charge in [0.2, 0.25) is 0 Å². The summed E-state index contributed by atoms with van der Waals surface area (Å²) in [4.78, 5) is 37.9. The highest BCUT2D eigenvalue weighted by Gasteiger charge is 2.21. The number of furan rings is 1. The quantitative estimate of drug-likeness (QED) is 0.457. The molecular weight excluding hydrogens is 358 g/mol. The molecule has 2 aromatic heterocycles. The molecule has 3 N–H and O–H groups in total. The Balaban J connectivity index is 1.86. The van der Waals surface area contributed by atoms with Crippen LogP contribution in [0.15, 0.2) is 45.6 Å². The molecule has 0 radical (unpaired) electrons. The molecule has 136 valence electrons. The first-order chi connectivity index (χ1) is 12.8. The third-order valence-corrected chi connectivity index (χ3v) is 3.50. The van der Waals surface area contributed by atoms with Crippen molar-refractivity contribution < 1.29 is 24.3 Å². The van der Waals surface area contributed by atoms with Crippen LogP contribution in [0.4, 0.5) is 5.69 Å². The van der Waals surface area contributed by atoms with E-state index in [9.17, 15) is 24.8 Å². The van der Waals surface area contributed by atoms with Crippen molar-refractivity contribution in [3.63, 3.8) is 0 Å². The van der Waals surface area contributed by atoms with Gasteiger partial charge >= 0.3 is 17.2 Å². The van der Waals surface area contributed by atoms with Gasteiger partial charge in [-0.3, -0.25) is 14.9 Å². The maximum Gasteiger partial charge on any atom is 0.395 e. The highest BCUT2D eigenvalue weighted by atomic mass is 16.6. The molecule has 3 rings (SSSR count). The monoisotopic (exact) mass is 369 g/mol. The average Bonchev–Trinajstić information content (AvgIpc) is 3.08. The number of aromatic nitrogens is 2. The second-order valence-electron chi connectivity index (χ2n) is 5.30. The van der Waals surface area contributed by atoms with Crippen LogP contribution in [0.2, 0.25) is 0 Å². The molecule has 10 nitrogen and oxygen atoms in total. The molecule has 0 spiro atoms. The first kappa shape index (κ1) is 17.6. The van der Waals surface area contributed by atoms with E-state index in [1.54, 1.807) is 24.3 Å². The van der Waals surface area contributed by atoms with E-state index < -0.39 is 28.0 Å². The van der Waals surface area contributed by atoms with Crippen LogP contribution < -0.4 is 5.56 Å². The zero-order valence-corrected chi connectivity index (χ0v) is 13.4. The number of aromatic carboxylic acids is 1. The smallest absolute Gasteiger partial charge is 0.395 e. The summed E-state index contributed by atoms with van der Waals surface area (Å²) in [5.41, 5.74) is -1.44. The van der Waals surface area contributed by atoms with Gasteiger partial charge in [-0.05, 0) is 36.4 Å². The molecule has 1 aromatic carbocycles. The van der Waals surface area contributed by atoms with Gasteiger partial charge in [0.15, 0.2) is 0 Å². The number of nitrogens with zero attached hydrogens (tertiary/aromatic N) is 2. The van der Waals surface area contributed by atoms with Crippen LogP contribution in [0.25, 0.3) is 23.5 Å². The highest BCUT2D eigenvalue weighted by Crippen LogP contribution is 2.24. The van der Waals surface area contributed by atoms with Crippen LogP contribution >= 0.6 is 0 Å². The van der Waals surface area contributed by atoms with Gasteiger partial charge in [-0.15, -0.1) is 0 Å². The largest absolute Gasteiger partial charge is 0.488 e. The summed E-state index contributed by atoms with van der Waals surface area (Å²) in [6.07, 6.45) is 2.72. The zero-order chi connectivity index (χ0) is 19.6. The molecule has 0 amide bonds. The number of aromatic hydroxyl groups is 1. The van der Waals surface area contributed by atoms with Gasteiger partial charge in [0.05, 0.1) is 10.5 Å². The standard InChI is InChI=1S/C17H11N3O7/c21-15-14(20(25)26)16(22)19-13(18-15)7-5-11-4-6-12(27-11)9-2-1-3-10(8-9)17(23)24/h1-8H,(H,23,24)(H2,18,19,21,22)/b7-5-. The summed E-state index contributed by atoms with van der Waals surface area (Å²) in [7, 11) is 0. The van der Waals surface area contributed by atoms with Crippen LogP contribution in [0.5, 0.6) is 5.88 Å². The maximum atomic E-state index is 11.6. The van der Waals surface area contributed by atoms with E-state index in [1.807, 2.05) is 0 Å². The first-order valence-electron chi connectivity index (χ1n) is 7.44. The summed E-state index contributed by atoms with van der Waals surface area (Å²) >= 11 is 0. The maximum absolute atomic E-state index is 11.6. The minimum Gasteiger partial charge on any atom is -0.488 e. The van der Waals surface area contributed by atoms with Gasteiger partial charge in [-0.2, -0.15) is 4.98 Å². The van der Waals surface area contributed by atoms with Gasteiger partial charge in [0.1, 0.15) is 17.3 Å². The van der Waals surface area contributed by atoms with E-state index in [2.05, 4.69) is 9.97 Å². The van der Waals surface area contributed by atoms with E-state index >= 15 is 0 Å². The lowest BCUT2D eigenvalue weighted by Gasteiger charge is -1.99. The highest BCUT2D eigenvalue weighted by molar-refractivity contribution is 5.89. The second-order valence-corrected chi connectivity index (χ2v) is 5.30. The molecule has 0 bridgehead atoms. The molecule has 0 atom stereocenters. The van der Waals surface area contributed by atoms with Gasteiger partial charge in [0.25, 0.3) is 5.88 Å². The number of H-pyrrole nitrogens is 1. The van der Waals surface area contributed by atoms with E-state index in [1.165, 1.54) is 24.3 Å². The van der Waals surface area contributed by atoms with Crippen LogP contribution in [-0.4, -0.2) is 31.1 Å². The van der Waals surface area contributed by atoms with Crippen molar-refractivity contribution in [2.75, 3.05) is 0 Å². The molecule has 10 heteroatoms.